The highest BCUT2D eigenvalue weighted by atomic mass is 28.4. The molecule has 0 bridgehead atoms. The lowest BCUT2D eigenvalue weighted by Crippen LogP contribution is -2.40. The number of fused-ring (bicyclic) bond motifs is 1. The molecule has 314 valence electrons. The Morgan fingerprint density at radius 2 is 1.51 bits per heavy atom. The van der Waals surface area contributed by atoms with Crippen LogP contribution in [0.15, 0.2) is 91.1 Å². The topological polar surface area (TPSA) is 116 Å². The number of pyridine rings is 1. The van der Waals surface area contributed by atoms with Gasteiger partial charge in [0.2, 0.25) is 0 Å². The van der Waals surface area contributed by atoms with E-state index in [0.717, 1.165) is 90.9 Å². The van der Waals surface area contributed by atoms with Crippen LogP contribution in [0.4, 0.5) is 17.1 Å². The van der Waals surface area contributed by atoms with Crippen molar-refractivity contribution < 1.29 is 23.5 Å². The molecule has 1 aromatic heterocycles. The number of rotatable bonds is 21. The summed E-state index contributed by atoms with van der Waals surface area (Å²) in [5, 5.41) is 4.45. The van der Waals surface area contributed by atoms with E-state index in [-0.39, 0.29) is 10.9 Å². The van der Waals surface area contributed by atoms with Gasteiger partial charge in [0.15, 0.2) is 8.32 Å². The Hall–Kier alpha value is -5.03. The van der Waals surface area contributed by atoms with Crippen LogP contribution in [-0.4, -0.2) is 59.1 Å². The standard InChI is InChI=1S/C49H64N4O5Si/c1-35-29-38(32-43-45(35)51-34-44(47(50)54)46(43)52-40-20-16-21-42(33-40)56-6)30-37-18-15-19-39(31-37)48(55)53(5)41-24-22-36(23-25-41)17-11-14-27-57-26-12-9-10-13-28-58-59(7,8)49(2,3)4/h15-16,18-25,29,31-34H,9-14,17,26-28,30H2,1-8H3,(H2,50,54)(H,51,52). The predicted octanol–water partition coefficient (Wildman–Crippen LogP) is 11.2. The number of carbonyl (C=O) groups is 2. The monoisotopic (exact) mass is 816 g/mol. The lowest BCUT2D eigenvalue weighted by molar-refractivity contribution is 0.0988. The average Bonchev–Trinajstić information content (AvgIpc) is 3.20. The summed E-state index contributed by atoms with van der Waals surface area (Å²) in [5.41, 5.74) is 13.9. The maximum absolute atomic E-state index is 13.7. The van der Waals surface area contributed by atoms with Crippen LogP contribution in [0.3, 0.4) is 0 Å². The Bertz CT molecular complexity index is 2180. The highest BCUT2D eigenvalue weighted by Crippen LogP contribution is 2.37. The molecule has 1 heterocycles. The third-order valence-electron chi connectivity index (χ3n) is 11.5. The zero-order valence-corrected chi connectivity index (χ0v) is 37.5. The van der Waals surface area contributed by atoms with E-state index in [2.05, 4.69) is 62.4 Å². The van der Waals surface area contributed by atoms with Gasteiger partial charge in [0.05, 0.1) is 23.9 Å². The fourth-order valence-corrected chi connectivity index (χ4v) is 8.00. The van der Waals surface area contributed by atoms with E-state index in [4.69, 9.17) is 19.6 Å². The lowest BCUT2D eigenvalue weighted by Gasteiger charge is -2.36. The van der Waals surface area contributed by atoms with E-state index >= 15 is 0 Å². The number of anilines is 3. The van der Waals surface area contributed by atoms with Gasteiger partial charge in [0.25, 0.3) is 11.8 Å². The van der Waals surface area contributed by atoms with E-state index in [0.29, 0.717) is 29.0 Å². The first kappa shape index (κ1) is 45.1. The van der Waals surface area contributed by atoms with E-state index in [1.54, 1.807) is 12.0 Å². The van der Waals surface area contributed by atoms with Crippen LogP contribution in [0.1, 0.15) is 102 Å². The van der Waals surface area contributed by atoms with Crippen molar-refractivity contribution in [2.24, 2.45) is 5.73 Å². The number of methoxy groups -OCH3 is 1. The second-order valence-corrected chi connectivity index (χ2v) is 21.9. The van der Waals surface area contributed by atoms with Gasteiger partial charge in [-0.1, -0.05) is 70.0 Å². The Balaban J connectivity index is 1.11. The van der Waals surface area contributed by atoms with Crippen molar-refractivity contribution in [1.82, 2.24) is 4.98 Å². The number of aromatic nitrogens is 1. The number of benzene rings is 4. The molecular weight excluding hydrogens is 753 g/mol. The average molecular weight is 817 g/mol. The Morgan fingerprint density at radius 1 is 0.814 bits per heavy atom. The molecule has 10 heteroatoms. The molecule has 0 saturated carbocycles. The van der Waals surface area contributed by atoms with Gasteiger partial charge < -0.3 is 29.9 Å². The maximum atomic E-state index is 13.7. The molecule has 0 fully saturated rings. The van der Waals surface area contributed by atoms with Crippen molar-refractivity contribution >= 4 is 48.1 Å². The van der Waals surface area contributed by atoms with Gasteiger partial charge in [0, 0.05) is 61.5 Å². The first-order valence-corrected chi connectivity index (χ1v) is 23.9. The third-order valence-corrected chi connectivity index (χ3v) is 16.0. The van der Waals surface area contributed by atoms with Gasteiger partial charge in [-0.25, -0.2) is 0 Å². The number of carbonyl (C=O) groups excluding carboxylic acids is 2. The van der Waals surface area contributed by atoms with Crippen LogP contribution < -0.4 is 20.7 Å². The first-order chi connectivity index (χ1) is 28.2. The third kappa shape index (κ3) is 12.5. The van der Waals surface area contributed by atoms with Gasteiger partial charge >= 0.3 is 0 Å². The molecule has 0 aliphatic heterocycles. The highest BCUT2D eigenvalue weighted by Gasteiger charge is 2.36. The van der Waals surface area contributed by atoms with Gasteiger partial charge in [-0.3, -0.25) is 14.6 Å². The summed E-state index contributed by atoms with van der Waals surface area (Å²) in [7, 11) is 1.79. The molecule has 0 aliphatic carbocycles. The molecule has 4 aromatic carbocycles. The second kappa shape index (κ2) is 20.8. The number of hydrogen-bond acceptors (Lipinski definition) is 7. The Kier molecular flexibility index (Phi) is 15.9. The maximum Gasteiger partial charge on any atom is 0.258 e. The first-order valence-electron chi connectivity index (χ1n) is 21.0. The number of ether oxygens (including phenoxy) is 2. The molecule has 0 spiro atoms. The van der Waals surface area contributed by atoms with Crippen LogP contribution in [0.2, 0.25) is 18.1 Å². The summed E-state index contributed by atoms with van der Waals surface area (Å²) < 4.78 is 17.6. The summed E-state index contributed by atoms with van der Waals surface area (Å²) >= 11 is 0. The van der Waals surface area contributed by atoms with Gasteiger partial charge in [-0.2, -0.15) is 0 Å². The summed E-state index contributed by atoms with van der Waals surface area (Å²) in [5.74, 6) is 0.0345. The molecule has 0 saturated heterocycles. The molecule has 3 N–H and O–H groups in total. The highest BCUT2D eigenvalue weighted by molar-refractivity contribution is 6.74. The molecule has 59 heavy (non-hydrogen) atoms. The SMILES string of the molecule is COc1cccc(Nc2c(C(N)=O)cnc3c(C)cc(Cc4cccc(C(=O)N(C)c5ccc(CCCCOCCCCCCO[Si](C)(C)C(C)(C)C)cc5)c4)cc23)c1. The molecule has 5 rings (SSSR count). The van der Waals surface area contributed by atoms with Gasteiger partial charge in [0.1, 0.15) is 5.75 Å². The van der Waals surface area contributed by atoms with Crippen LogP contribution in [-0.2, 0) is 22.0 Å². The number of nitrogens with two attached hydrogens (primary N) is 1. The largest absolute Gasteiger partial charge is 0.497 e. The van der Waals surface area contributed by atoms with Crippen molar-refractivity contribution in [1.29, 1.82) is 0 Å². The summed E-state index contributed by atoms with van der Waals surface area (Å²) in [6, 6.07) is 27.7. The molecule has 0 radical (unpaired) electrons. The normalized spacial score (nSPS) is 11.8. The minimum absolute atomic E-state index is 0.0778. The lowest BCUT2D eigenvalue weighted by atomic mass is 9.97. The van der Waals surface area contributed by atoms with Crippen LogP contribution in [0, 0.1) is 6.92 Å². The minimum atomic E-state index is -1.63. The summed E-state index contributed by atoms with van der Waals surface area (Å²) in [6.45, 7) is 16.0. The van der Waals surface area contributed by atoms with Crippen molar-refractivity contribution in [2.45, 2.75) is 97.2 Å². The number of nitrogens with one attached hydrogen (secondary N) is 1. The predicted molar refractivity (Wildman–Crippen MR) is 245 cm³/mol. The number of aryl methyl sites for hydroxylation is 2. The molecule has 0 atom stereocenters. The number of primary amides is 1. The van der Waals surface area contributed by atoms with Crippen LogP contribution in [0.5, 0.6) is 5.75 Å². The molecule has 5 aromatic rings. The second-order valence-electron chi connectivity index (χ2n) is 17.1. The fraction of sp³-hybridized carbons (Fsp3) is 0.408. The van der Waals surface area contributed by atoms with E-state index in [9.17, 15) is 9.59 Å². The molecular formula is C49H64N4O5Si. The zero-order chi connectivity index (χ0) is 42.6. The van der Waals surface area contributed by atoms with Crippen molar-refractivity contribution in [3.8, 4) is 5.75 Å². The molecule has 0 aliphatic rings. The number of hydrogen-bond donors (Lipinski definition) is 2. The summed E-state index contributed by atoms with van der Waals surface area (Å²) in [4.78, 5) is 32.6. The Morgan fingerprint density at radius 3 is 2.20 bits per heavy atom. The van der Waals surface area contributed by atoms with E-state index in [1.165, 1.54) is 24.6 Å². The number of nitrogens with zero attached hydrogens (tertiary/aromatic N) is 2. The van der Waals surface area contributed by atoms with E-state index in [1.807, 2.05) is 80.7 Å². The quantitative estimate of drug-likeness (QED) is 0.0559. The molecule has 9 nitrogen and oxygen atoms in total. The smallest absolute Gasteiger partial charge is 0.258 e. The molecule has 2 amide bonds. The van der Waals surface area contributed by atoms with Crippen molar-refractivity contribution in [2.75, 3.05) is 44.2 Å². The fourth-order valence-electron chi connectivity index (χ4n) is 6.91. The van der Waals surface area contributed by atoms with Crippen molar-refractivity contribution in [3.05, 3.63) is 125 Å². The summed E-state index contributed by atoms with van der Waals surface area (Å²) in [6.07, 6.45) is 9.78. The Labute approximate surface area is 352 Å². The van der Waals surface area contributed by atoms with Crippen LogP contribution >= 0.6 is 0 Å². The van der Waals surface area contributed by atoms with E-state index < -0.39 is 14.2 Å². The van der Waals surface area contributed by atoms with Gasteiger partial charge in [-0.05, 0) is 128 Å². The molecule has 0 unspecified atom stereocenters. The zero-order valence-electron chi connectivity index (χ0n) is 36.5. The number of amides is 2. The minimum Gasteiger partial charge on any atom is -0.497 e. The van der Waals surface area contributed by atoms with Crippen LogP contribution in [0.25, 0.3) is 10.9 Å². The number of unbranched alkanes of at least 4 members (excludes halogenated alkanes) is 4. The van der Waals surface area contributed by atoms with Crippen molar-refractivity contribution in [3.63, 3.8) is 0 Å². The van der Waals surface area contributed by atoms with Gasteiger partial charge in [-0.15, -0.1) is 0 Å².